The number of hydrogen-bond donors (Lipinski definition) is 3. The van der Waals surface area contributed by atoms with Crippen molar-refractivity contribution in [1.82, 2.24) is 40.0 Å². The first-order valence-corrected chi connectivity index (χ1v) is 14.5. The molecule has 5 heterocycles. The maximum absolute atomic E-state index is 14.3. The third-order valence-electron chi connectivity index (χ3n) is 7.50. The van der Waals surface area contributed by atoms with Crippen LogP contribution in [0.1, 0.15) is 18.1 Å². The van der Waals surface area contributed by atoms with E-state index < -0.39 is 23.7 Å². The number of alkyl halides is 3. The van der Waals surface area contributed by atoms with Gasteiger partial charge in [0.2, 0.25) is 5.91 Å². The van der Waals surface area contributed by atoms with Gasteiger partial charge in [0.1, 0.15) is 11.3 Å². The minimum Gasteiger partial charge on any atom is -0.378 e. The second kappa shape index (κ2) is 14.0. The summed E-state index contributed by atoms with van der Waals surface area (Å²) in [5.74, 6) is 4.15. The Kier molecular flexibility index (Phi) is 9.87. The summed E-state index contributed by atoms with van der Waals surface area (Å²) in [6.45, 7) is 5.92. The monoisotopic (exact) mass is 642 g/mol. The van der Waals surface area contributed by atoms with E-state index in [0.717, 1.165) is 17.8 Å². The largest absolute Gasteiger partial charge is 0.417 e. The summed E-state index contributed by atoms with van der Waals surface area (Å²) in [5, 5.41) is 11.5. The molecule has 0 aromatic carbocycles. The number of piperazine rings is 1. The zero-order valence-corrected chi connectivity index (χ0v) is 25.3. The lowest BCUT2D eigenvalue weighted by atomic mass is 10.1. The number of nitrogens with one attached hydrogen (secondary N) is 3. The highest BCUT2D eigenvalue weighted by Gasteiger charge is 2.36. The Bertz CT molecular complexity index is 1670. The highest BCUT2D eigenvalue weighted by atomic mass is 19.4. The van der Waals surface area contributed by atoms with Crippen LogP contribution in [0.15, 0.2) is 24.5 Å². The topological polar surface area (TPSA) is 149 Å². The summed E-state index contributed by atoms with van der Waals surface area (Å²) < 4.78 is 49.8. The van der Waals surface area contributed by atoms with E-state index in [4.69, 9.17) is 4.74 Å². The minimum atomic E-state index is -4.78. The Morgan fingerprint density at radius 2 is 1.80 bits per heavy atom. The molecule has 2 aliphatic rings. The lowest BCUT2D eigenvalue weighted by molar-refractivity contribution is -0.137. The summed E-state index contributed by atoms with van der Waals surface area (Å²) >= 11 is 0. The number of aromatic nitrogens is 4. The quantitative estimate of drug-likeness (QED) is 0.323. The molecule has 0 spiro atoms. The van der Waals surface area contributed by atoms with E-state index >= 15 is 0 Å². The first-order chi connectivity index (χ1) is 22.0. The Morgan fingerprint density at radius 1 is 1.07 bits per heavy atom. The zero-order valence-electron chi connectivity index (χ0n) is 25.3. The van der Waals surface area contributed by atoms with E-state index in [0.29, 0.717) is 70.4 Å². The molecule has 0 bridgehead atoms. The molecule has 17 heteroatoms. The SMILES string of the molecule is CC#CC(=O)NCC(=O)N1CCN(Cc2cc3c(N4CCOCC4)nc(-c4cnc(NC(=O)NC)cc4C(F)(F)F)nn3c2)CC1. The van der Waals surface area contributed by atoms with Gasteiger partial charge in [0, 0.05) is 65.3 Å². The van der Waals surface area contributed by atoms with Crippen LogP contribution in [0.25, 0.3) is 16.9 Å². The van der Waals surface area contributed by atoms with Gasteiger partial charge >= 0.3 is 12.2 Å². The highest BCUT2D eigenvalue weighted by molar-refractivity contribution is 5.95. The molecule has 3 aromatic rings. The van der Waals surface area contributed by atoms with Gasteiger partial charge in [0.05, 0.1) is 30.9 Å². The number of urea groups is 1. The summed E-state index contributed by atoms with van der Waals surface area (Å²) in [6, 6.07) is 1.96. The van der Waals surface area contributed by atoms with Crippen LogP contribution >= 0.6 is 0 Å². The molecule has 4 amide bonds. The van der Waals surface area contributed by atoms with Gasteiger partial charge in [-0.3, -0.25) is 19.8 Å². The molecule has 0 atom stereocenters. The van der Waals surface area contributed by atoms with Crippen molar-refractivity contribution in [3.63, 3.8) is 0 Å². The third-order valence-corrected chi connectivity index (χ3v) is 7.50. The number of hydrogen-bond acceptors (Lipinski definition) is 9. The standard InChI is InChI=1S/C29H33F3N10O4/c1-3-4-24(43)35-16-25(44)40-7-5-39(6-8-40)17-19-13-22-27(41-9-11-46-12-10-41)37-26(38-42(22)18-19)20-15-34-23(36-28(45)33-2)14-21(20)29(30,31)32/h13-15,18H,5-12,16-17H2,1-2H3,(H,35,43)(H2,33,34,36,45). The lowest BCUT2D eigenvalue weighted by Gasteiger charge is -2.34. The Hall–Kier alpha value is -4.95. The first-order valence-electron chi connectivity index (χ1n) is 14.5. The van der Waals surface area contributed by atoms with Gasteiger partial charge in [-0.2, -0.15) is 13.2 Å². The molecule has 46 heavy (non-hydrogen) atoms. The van der Waals surface area contributed by atoms with Crippen molar-refractivity contribution in [3.8, 4) is 23.2 Å². The lowest BCUT2D eigenvalue weighted by Crippen LogP contribution is -2.50. The van der Waals surface area contributed by atoms with E-state index in [-0.39, 0.29) is 29.7 Å². The number of nitrogens with zero attached hydrogens (tertiary/aromatic N) is 7. The van der Waals surface area contributed by atoms with Gasteiger partial charge in [-0.1, -0.05) is 5.92 Å². The molecule has 2 saturated heterocycles. The van der Waals surface area contributed by atoms with E-state index in [1.54, 1.807) is 18.0 Å². The van der Waals surface area contributed by atoms with E-state index in [2.05, 4.69) is 47.8 Å². The molecule has 3 N–H and O–H groups in total. The van der Waals surface area contributed by atoms with E-state index in [9.17, 15) is 27.6 Å². The van der Waals surface area contributed by atoms with Crippen LogP contribution < -0.4 is 20.9 Å². The zero-order chi connectivity index (χ0) is 32.8. The van der Waals surface area contributed by atoms with E-state index in [1.807, 2.05) is 11.0 Å². The van der Waals surface area contributed by atoms with Crippen molar-refractivity contribution >= 4 is 35.0 Å². The number of ether oxygens (including phenoxy) is 1. The van der Waals surface area contributed by atoms with Crippen LogP contribution in [0.5, 0.6) is 0 Å². The van der Waals surface area contributed by atoms with Crippen molar-refractivity contribution < 1.29 is 32.3 Å². The number of carbonyl (C=O) groups excluding carboxylic acids is 3. The molecular weight excluding hydrogens is 609 g/mol. The average Bonchev–Trinajstić information content (AvgIpc) is 3.46. The van der Waals surface area contributed by atoms with Crippen molar-refractivity contribution in [3.05, 3.63) is 35.7 Å². The fourth-order valence-corrected chi connectivity index (χ4v) is 5.20. The number of morpholine rings is 1. The molecule has 2 aliphatic heterocycles. The molecule has 5 rings (SSSR count). The van der Waals surface area contributed by atoms with E-state index in [1.165, 1.54) is 11.6 Å². The Labute approximate surface area is 262 Å². The van der Waals surface area contributed by atoms with Crippen LogP contribution in [0, 0.1) is 11.8 Å². The normalized spacial score (nSPS) is 15.7. The molecule has 3 aromatic heterocycles. The fourth-order valence-electron chi connectivity index (χ4n) is 5.20. The Balaban J connectivity index is 1.40. The number of rotatable bonds is 7. The molecule has 244 valence electrons. The van der Waals surface area contributed by atoms with Crippen LogP contribution in [0.3, 0.4) is 0 Å². The summed E-state index contributed by atoms with van der Waals surface area (Å²) in [4.78, 5) is 50.2. The van der Waals surface area contributed by atoms with Crippen LogP contribution in [0.4, 0.5) is 29.6 Å². The van der Waals surface area contributed by atoms with Crippen LogP contribution in [-0.4, -0.2) is 113 Å². The van der Waals surface area contributed by atoms with Gasteiger partial charge in [-0.05, 0) is 30.5 Å². The Morgan fingerprint density at radius 3 is 2.48 bits per heavy atom. The van der Waals surface area contributed by atoms with Gasteiger partial charge in [0.25, 0.3) is 5.91 Å². The highest BCUT2D eigenvalue weighted by Crippen LogP contribution is 2.38. The molecule has 0 saturated carbocycles. The maximum Gasteiger partial charge on any atom is 0.417 e. The summed E-state index contributed by atoms with van der Waals surface area (Å²) in [6.07, 6.45) is -2.02. The summed E-state index contributed by atoms with van der Waals surface area (Å²) in [5.41, 5.74) is 0.115. The number of amides is 4. The predicted octanol–water partition coefficient (Wildman–Crippen LogP) is 1.18. The molecule has 0 aliphatic carbocycles. The third kappa shape index (κ3) is 7.64. The average molecular weight is 643 g/mol. The van der Waals surface area contributed by atoms with Gasteiger partial charge < -0.3 is 25.2 Å². The predicted molar refractivity (Wildman–Crippen MR) is 161 cm³/mol. The van der Waals surface area contributed by atoms with Crippen molar-refractivity contribution in [1.29, 1.82) is 0 Å². The summed E-state index contributed by atoms with van der Waals surface area (Å²) in [7, 11) is 1.34. The minimum absolute atomic E-state index is 0.122. The number of carbonyl (C=O) groups is 3. The first kappa shape index (κ1) is 32.4. The molecular formula is C29H33F3N10O4. The molecule has 14 nitrogen and oxygen atoms in total. The van der Waals surface area contributed by atoms with Gasteiger partial charge in [-0.15, -0.1) is 5.10 Å². The second-order valence-electron chi connectivity index (χ2n) is 10.6. The number of anilines is 2. The fraction of sp³-hybridized carbons (Fsp3) is 0.448. The van der Waals surface area contributed by atoms with Crippen LogP contribution in [-0.2, 0) is 27.0 Å². The number of halogens is 3. The van der Waals surface area contributed by atoms with Gasteiger partial charge in [-0.25, -0.2) is 19.3 Å². The van der Waals surface area contributed by atoms with Crippen molar-refractivity contribution in [2.75, 3.05) is 76.3 Å². The maximum atomic E-state index is 14.3. The number of pyridine rings is 1. The van der Waals surface area contributed by atoms with Gasteiger partial charge in [0.15, 0.2) is 11.6 Å². The van der Waals surface area contributed by atoms with Crippen molar-refractivity contribution in [2.45, 2.75) is 19.6 Å². The smallest absolute Gasteiger partial charge is 0.378 e. The molecule has 2 fully saturated rings. The number of fused-ring (bicyclic) bond motifs is 1. The second-order valence-corrected chi connectivity index (χ2v) is 10.6. The van der Waals surface area contributed by atoms with Crippen molar-refractivity contribution in [2.24, 2.45) is 0 Å². The van der Waals surface area contributed by atoms with Crippen LogP contribution in [0.2, 0.25) is 0 Å². The molecule has 0 radical (unpaired) electrons. The molecule has 0 unspecified atom stereocenters.